The Hall–Kier alpha value is -2.89. The van der Waals surface area contributed by atoms with Crippen LogP contribution in [0.25, 0.3) is 0 Å². The van der Waals surface area contributed by atoms with Crippen molar-refractivity contribution >= 4 is 17.5 Å². The van der Waals surface area contributed by atoms with Crippen LogP contribution in [-0.4, -0.2) is 21.9 Å². The zero-order valence-corrected chi connectivity index (χ0v) is 17.0. The summed E-state index contributed by atoms with van der Waals surface area (Å²) in [5.41, 5.74) is 2.43. The summed E-state index contributed by atoms with van der Waals surface area (Å²) in [5, 5.41) is 5.70. The van der Waals surface area contributed by atoms with E-state index in [-0.39, 0.29) is 22.6 Å². The number of pyridine rings is 1. The molecule has 0 saturated carbocycles. The fraction of sp³-hybridized carbons (Fsp3) is 0.381. The molecule has 0 bridgehead atoms. The predicted octanol–water partition coefficient (Wildman–Crippen LogP) is 3.09. The monoisotopic (exact) mass is 369 g/mol. The molecule has 0 aliphatic heterocycles. The van der Waals surface area contributed by atoms with Crippen molar-refractivity contribution in [2.75, 3.05) is 5.32 Å². The van der Waals surface area contributed by atoms with E-state index in [2.05, 4.69) is 10.6 Å². The van der Waals surface area contributed by atoms with Gasteiger partial charge >= 0.3 is 0 Å². The Bertz CT molecular complexity index is 966. The second kappa shape index (κ2) is 7.39. The first-order chi connectivity index (χ1) is 12.4. The Morgan fingerprint density at radius 3 is 2.26 bits per heavy atom. The Balaban J connectivity index is 2.38. The Morgan fingerprint density at radius 2 is 1.67 bits per heavy atom. The summed E-state index contributed by atoms with van der Waals surface area (Å²) >= 11 is 0. The number of amides is 2. The molecule has 0 atom stereocenters. The Morgan fingerprint density at radius 1 is 1.04 bits per heavy atom. The standard InChI is InChI=1S/C21H27N3O3/c1-12-11-13(2)24(7)20(27)17(12)19(26)22-16-10-8-9-15(14(16)3)18(25)23-21(4,5)6/h8-11H,1-7H3,(H,22,26)(H,23,25). The third-order valence-corrected chi connectivity index (χ3v) is 4.41. The summed E-state index contributed by atoms with van der Waals surface area (Å²) in [6.07, 6.45) is 0. The molecule has 0 saturated heterocycles. The van der Waals surface area contributed by atoms with E-state index in [4.69, 9.17) is 0 Å². The van der Waals surface area contributed by atoms with Crippen molar-refractivity contribution in [3.05, 3.63) is 62.6 Å². The number of carbonyl (C=O) groups is 2. The van der Waals surface area contributed by atoms with E-state index in [1.54, 1.807) is 45.2 Å². The van der Waals surface area contributed by atoms with Crippen LogP contribution in [0.15, 0.2) is 29.1 Å². The largest absolute Gasteiger partial charge is 0.347 e. The molecule has 6 heteroatoms. The van der Waals surface area contributed by atoms with Crippen molar-refractivity contribution in [1.29, 1.82) is 0 Å². The van der Waals surface area contributed by atoms with Crippen molar-refractivity contribution in [1.82, 2.24) is 9.88 Å². The van der Waals surface area contributed by atoms with E-state index in [0.717, 1.165) is 5.69 Å². The van der Waals surface area contributed by atoms with Gasteiger partial charge in [0, 0.05) is 29.5 Å². The molecule has 0 unspecified atom stereocenters. The summed E-state index contributed by atoms with van der Waals surface area (Å²) in [4.78, 5) is 37.8. The van der Waals surface area contributed by atoms with Gasteiger partial charge < -0.3 is 15.2 Å². The highest BCUT2D eigenvalue weighted by Crippen LogP contribution is 2.21. The lowest BCUT2D eigenvalue weighted by atomic mass is 10.0. The highest BCUT2D eigenvalue weighted by Gasteiger charge is 2.20. The first-order valence-electron chi connectivity index (χ1n) is 8.83. The molecule has 6 nitrogen and oxygen atoms in total. The zero-order chi connectivity index (χ0) is 20.5. The summed E-state index contributed by atoms with van der Waals surface area (Å²) in [6, 6.07) is 6.94. The Kier molecular flexibility index (Phi) is 5.59. The molecule has 0 fully saturated rings. The minimum absolute atomic E-state index is 0.104. The van der Waals surface area contributed by atoms with Crippen LogP contribution in [0, 0.1) is 20.8 Å². The second-order valence-corrected chi connectivity index (χ2v) is 7.84. The van der Waals surface area contributed by atoms with E-state index in [1.807, 2.05) is 27.7 Å². The van der Waals surface area contributed by atoms with Gasteiger partial charge in [-0.25, -0.2) is 0 Å². The summed E-state index contributed by atoms with van der Waals surface area (Å²) in [6.45, 7) is 11.0. The molecule has 27 heavy (non-hydrogen) atoms. The number of aryl methyl sites for hydroxylation is 2. The average Bonchev–Trinajstić information content (AvgIpc) is 2.53. The number of hydrogen-bond acceptors (Lipinski definition) is 3. The summed E-state index contributed by atoms with van der Waals surface area (Å²) in [5.74, 6) is -0.692. The third-order valence-electron chi connectivity index (χ3n) is 4.41. The summed E-state index contributed by atoms with van der Waals surface area (Å²) < 4.78 is 1.45. The van der Waals surface area contributed by atoms with Crippen LogP contribution in [0.4, 0.5) is 5.69 Å². The fourth-order valence-corrected chi connectivity index (χ4v) is 2.86. The van der Waals surface area contributed by atoms with E-state index in [0.29, 0.717) is 22.4 Å². The smallest absolute Gasteiger partial charge is 0.263 e. The van der Waals surface area contributed by atoms with Gasteiger partial charge in [-0.05, 0) is 70.9 Å². The van der Waals surface area contributed by atoms with Gasteiger partial charge in [-0.15, -0.1) is 0 Å². The van der Waals surface area contributed by atoms with E-state index < -0.39 is 5.91 Å². The summed E-state index contributed by atoms with van der Waals surface area (Å²) in [7, 11) is 1.64. The van der Waals surface area contributed by atoms with Crippen LogP contribution < -0.4 is 16.2 Å². The average molecular weight is 369 g/mol. The SMILES string of the molecule is Cc1cc(C)n(C)c(=O)c1C(=O)Nc1cccc(C(=O)NC(C)(C)C)c1C. The predicted molar refractivity (Wildman–Crippen MR) is 108 cm³/mol. The first-order valence-corrected chi connectivity index (χ1v) is 8.83. The normalized spacial score (nSPS) is 11.2. The molecule has 1 aromatic carbocycles. The van der Waals surface area contributed by atoms with Crippen LogP contribution in [0.5, 0.6) is 0 Å². The molecular formula is C21H27N3O3. The van der Waals surface area contributed by atoms with Crippen LogP contribution in [0.2, 0.25) is 0 Å². The van der Waals surface area contributed by atoms with Crippen LogP contribution >= 0.6 is 0 Å². The fourth-order valence-electron chi connectivity index (χ4n) is 2.86. The van der Waals surface area contributed by atoms with Gasteiger partial charge in [0.1, 0.15) is 5.56 Å². The number of anilines is 1. The van der Waals surface area contributed by atoms with Crippen LogP contribution in [0.3, 0.4) is 0 Å². The van der Waals surface area contributed by atoms with Crippen LogP contribution in [0.1, 0.15) is 58.3 Å². The van der Waals surface area contributed by atoms with Gasteiger partial charge in [-0.3, -0.25) is 14.4 Å². The molecule has 2 N–H and O–H groups in total. The van der Waals surface area contributed by atoms with Gasteiger partial charge in [0.25, 0.3) is 17.4 Å². The minimum atomic E-state index is -0.482. The molecule has 0 aliphatic carbocycles. The lowest BCUT2D eigenvalue weighted by molar-refractivity contribution is 0.0917. The third kappa shape index (κ3) is 4.45. The minimum Gasteiger partial charge on any atom is -0.347 e. The quantitative estimate of drug-likeness (QED) is 0.872. The van der Waals surface area contributed by atoms with Crippen molar-refractivity contribution in [3.8, 4) is 0 Å². The van der Waals surface area contributed by atoms with Gasteiger partial charge in [0.15, 0.2) is 0 Å². The van der Waals surface area contributed by atoms with Crippen molar-refractivity contribution < 1.29 is 9.59 Å². The lowest BCUT2D eigenvalue weighted by Crippen LogP contribution is -2.40. The number of aromatic nitrogens is 1. The van der Waals surface area contributed by atoms with Gasteiger partial charge in [0.05, 0.1) is 0 Å². The number of carbonyl (C=O) groups excluding carboxylic acids is 2. The molecule has 0 radical (unpaired) electrons. The number of nitrogens with zero attached hydrogens (tertiary/aromatic N) is 1. The zero-order valence-electron chi connectivity index (χ0n) is 17.0. The molecule has 144 valence electrons. The lowest BCUT2D eigenvalue weighted by Gasteiger charge is -2.22. The highest BCUT2D eigenvalue weighted by molar-refractivity contribution is 6.06. The van der Waals surface area contributed by atoms with E-state index in [1.165, 1.54) is 4.57 Å². The number of rotatable bonds is 3. The molecular weight excluding hydrogens is 342 g/mol. The van der Waals surface area contributed by atoms with Crippen LogP contribution in [-0.2, 0) is 7.05 Å². The molecule has 2 aromatic rings. The second-order valence-electron chi connectivity index (χ2n) is 7.84. The topological polar surface area (TPSA) is 80.2 Å². The highest BCUT2D eigenvalue weighted by atomic mass is 16.2. The van der Waals surface area contributed by atoms with Crippen molar-refractivity contribution in [3.63, 3.8) is 0 Å². The maximum Gasteiger partial charge on any atom is 0.263 e. The van der Waals surface area contributed by atoms with Crippen molar-refractivity contribution in [2.45, 2.75) is 47.1 Å². The molecule has 2 rings (SSSR count). The van der Waals surface area contributed by atoms with E-state index in [9.17, 15) is 14.4 Å². The van der Waals surface area contributed by atoms with E-state index >= 15 is 0 Å². The number of benzene rings is 1. The maximum absolute atomic E-state index is 12.8. The van der Waals surface area contributed by atoms with Crippen molar-refractivity contribution in [2.24, 2.45) is 7.05 Å². The van der Waals surface area contributed by atoms with Gasteiger partial charge in [-0.1, -0.05) is 6.07 Å². The Labute approximate surface area is 159 Å². The molecule has 2 amide bonds. The molecule has 0 spiro atoms. The molecule has 1 aromatic heterocycles. The van der Waals surface area contributed by atoms with Gasteiger partial charge in [0.2, 0.25) is 0 Å². The molecule has 0 aliphatic rings. The maximum atomic E-state index is 12.8. The van der Waals surface area contributed by atoms with Gasteiger partial charge in [-0.2, -0.15) is 0 Å². The first kappa shape index (κ1) is 20.4. The molecule has 1 heterocycles. The number of nitrogens with one attached hydrogen (secondary N) is 2. The number of hydrogen-bond donors (Lipinski definition) is 2.